The van der Waals surface area contributed by atoms with Crippen molar-refractivity contribution >= 4 is 88.8 Å². The van der Waals surface area contributed by atoms with E-state index in [0.29, 0.717) is 0 Å². The molecule has 0 aliphatic rings. The van der Waals surface area contributed by atoms with Crippen LogP contribution in [0.15, 0.2) is 215 Å². The van der Waals surface area contributed by atoms with Crippen molar-refractivity contribution in [1.82, 2.24) is 0 Å². The van der Waals surface area contributed by atoms with Crippen LogP contribution in [-0.4, -0.2) is 0 Å². The van der Waals surface area contributed by atoms with E-state index in [-0.39, 0.29) is 0 Å². The predicted molar refractivity (Wildman–Crippen MR) is 233 cm³/mol. The number of hydrogen-bond donors (Lipinski definition) is 0. The zero-order valence-corrected chi connectivity index (χ0v) is 30.3. The standard InChI is InChI=1S/C52H34N2O2/c1-4-14-35(15-5-1)36-24-27-40(28-25-36)53(38-17-6-2-7-18-38)46-32-33-48-50(45-30-26-37-16-10-11-21-42(37)52(45)56-48)51(46)54(39-19-8-3-9-20-39)41-29-31-44-43-22-12-13-23-47(43)55-49(44)34-41/h1-34H. The third kappa shape index (κ3) is 5.23. The Morgan fingerprint density at radius 1 is 0.321 bits per heavy atom. The SMILES string of the molecule is c1ccc(-c2ccc(N(c3ccccc3)c3ccc4oc5c6ccccc6ccc5c4c3N(c3ccccc3)c3ccc4c(c3)oc3ccccc34)cc2)cc1. The molecule has 0 aliphatic carbocycles. The molecule has 0 amide bonds. The van der Waals surface area contributed by atoms with E-state index in [2.05, 4.69) is 204 Å². The number of hydrogen-bond acceptors (Lipinski definition) is 4. The molecule has 11 aromatic rings. The summed E-state index contributed by atoms with van der Waals surface area (Å²) in [5, 5.41) is 6.48. The Morgan fingerprint density at radius 2 is 0.893 bits per heavy atom. The van der Waals surface area contributed by atoms with Crippen molar-refractivity contribution in [2.45, 2.75) is 0 Å². The molecule has 4 heteroatoms. The smallest absolute Gasteiger partial charge is 0.143 e. The lowest BCUT2D eigenvalue weighted by molar-refractivity contribution is 0.669. The quantitative estimate of drug-likeness (QED) is 0.164. The van der Waals surface area contributed by atoms with Gasteiger partial charge < -0.3 is 18.6 Å². The molecule has 4 nitrogen and oxygen atoms in total. The monoisotopic (exact) mass is 718 g/mol. The van der Waals surface area contributed by atoms with Crippen molar-refractivity contribution in [3.8, 4) is 11.1 Å². The molecule has 264 valence electrons. The van der Waals surface area contributed by atoms with Crippen LogP contribution in [0.5, 0.6) is 0 Å². The van der Waals surface area contributed by atoms with Gasteiger partial charge in [0, 0.05) is 50.4 Å². The van der Waals surface area contributed by atoms with Crippen LogP contribution in [0, 0.1) is 0 Å². The lowest BCUT2D eigenvalue weighted by Crippen LogP contribution is -2.17. The van der Waals surface area contributed by atoms with Gasteiger partial charge in [-0.05, 0) is 89.3 Å². The highest BCUT2D eigenvalue weighted by Gasteiger charge is 2.28. The Kier molecular flexibility index (Phi) is 7.46. The second kappa shape index (κ2) is 13.1. The first-order chi connectivity index (χ1) is 27.8. The number of fused-ring (bicyclic) bond motifs is 8. The van der Waals surface area contributed by atoms with Crippen molar-refractivity contribution in [3.05, 3.63) is 206 Å². The molecule has 2 aromatic heterocycles. The summed E-state index contributed by atoms with van der Waals surface area (Å²) in [4.78, 5) is 4.72. The van der Waals surface area contributed by atoms with Crippen molar-refractivity contribution < 1.29 is 8.83 Å². The van der Waals surface area contributed by atoms with E-state index in [1.807, 2.05) is 12.1 Å². The summed E-state index contributed by atoms with van der Waals surface area (Å²) in [6, 6.07) is 72.6. The highest BCUT2D eigenvalue weighted by atomic mass is 16.3. The third-order valence-electron chi connectivity index (χ3n) is 10.8. The van der Waals surface area contributed by atoms with Crippen molar-refractivity contribution in [2.24, 2.45) is 0 Å². The van der Waals surface area contributed by atoms with Crippen LogP contribution in [0.2, 0.25) is 0 Å². The molecule has 0 atom stereocenters. The maximum Gasteiger partial charge on any atom is 0.143 e. The molecule has 2 heterocycles. The number of rotatable bonds is 7. The van der Waals surface area contributed by atoms with Crippen LogP contribution in [0.1, 0.15) is 0 Å². The largest absolute Gasteiger partial charge is 0.456 e. The minimum Gasteiger partial charge on any atom is -0.456 e. The summed E-state index contributed by atoms with van der Waals surface area (Å²) in [5.74, 6) is 0. The van der Waals surface area contributed by atoms with E-state index >= 15 is 0 Å². The van der Waals surface area contributed by atoms with Gasteiger partial charge in [0.2, 0.25) is 0 Å². The van der Waals surface area contributed by atoms with Crippen LogP contribution < -0.4 is 9.80 Å². The summed E-state index contributed by atoms with van der Waals surface area (Å²) < 4.78 is 13.4. The number of anilines is 6. The van der Waals surface area contributed by atoms with Gasteiger partial charge in [0.05, 0.1) is 16.8 Å². The van der Waals surface area contributed by atoms with E-state index in [1.165, 1.54) is 5.56 Å². The fraction of sp³-hybridized carbons (Fsp3) is 0. The molecule has 0 saturated carbocycles. The minimum absolute atomic E-state index is 0.813. The molecular formula is C52H34N2O2. The summed E-state index contributed by atoms with van der Waals surface area (Å²) in [6.07, 6.45) is 0. The van der Waals surface area contributed by atoms with Crippen LogP contribution in [0.4, 0.5) is 34.1 Å². The van der Waals surface area contributed by atoms with Crippen LogP contribution in [0.3, 0.4) is 0 Å². The molecule has 0 unspecified atom stereocenters. The Hall–Kier alpha value is -7.56. The van der Waals surface area contributed by atoms with Gasteiger partial charge in [-0.15, -0.1) is 0 Å². The third-order valence-corrected chi connectivity index (χ3v) is 10.8. The molecule has 11 rings (SSSR count). The number of benzene rings is 9. The van der Waals surface area contributed by atoms with Crippen LogP contribution in [0.25, 0.3) is 65.8 Å². The normalized spacial score (nSPS) is 11.6. The van der Waals surface area contributed by atoms with Crippen molar-refractivity contribution in [1.29, 1.82) is 0 Å². The van der Waals surface area contributed by atoms with Gasteiger partial charge in [-0.1, -0.05) is 127 Å². The molecule has 56 heavy (non-hydrogen) atoms. The molecule has 0 aliphatic heterocycles. The number of furan rings is 2. The number of nitrogens with zero attached hydrogens (tertiary/aromatic N) is 2. The molecule has 0 fully saturated rings. The van der Waals surface area contributed by atoms with Gasteiger partial charge in [-0.2, -0.15) is 0 Å². The molecule has 0 N–H and O–H groups in total. The Morgan fingerprint density at radius 3 is 1.66 bits per heavy atom. The van der Waals surface area contributed by atoms with E-state index in [1.54, 1.807) is 0 Å². The zero-order chi connectivity index (χ0) is 37.0. The summed E-state index contributed by atoms with van der Waals surface area (Å²) >= 11 is 0. The minimum atomic E-state index is 0.813. The van der Waals surface area contributed by atoms with Gasteiger partial charge in [0.15, 0.2) is 0 Å². The first-order valence-corrected chi connectivity index (χ1v) is 18.9. The lowest BCUT2D eigenvalue weighted by Gasteiger charge is -2.33. The molecule has 0 saturated heterocycles. The van der Waals surface area contributed by atoms with Gasteiger partial charge >= 0.3 is 0 Å². The zero-order valence-electron chi connectivity index (χ0n) is 30.3. The fourth-order valence-electron chi connectivity index (χ4n) is 8.25. The second-order valence-corrected chi connectivity index (χ2v) is 14.1. The van der Waals surface area contributed by atoms with Gasteiger partial charge in [-0.3, -0.25) is 0 Å². The van der Waals surface area contributed by atoms with Crippen molar-refractivity contribution in [2.75, 3.05) is 9.80 Å². The molecule has 9 aromatic carbocycles. The highest BCUT2D eigenvalue weighted by Crippen LogP contribution is 2.52. The van der Waals surface area contributed by atoms with Crippen LogP contribution >= 0.6 is 0 Å². The predicted octanol–water partition coefficient (Wildman–Crippen LogP) is 15.2. The van der Waals surface area contributed by atoms with E-state index in [0.717, 1.165) is 94.3 Å². The van der Waals surface area contributed by atoms with Gasteiger partial charge in [-0.25, -0.2) is 0 Å². The summed E-state index contributed by atoms with van der Waals surface area (Å²) in [6.45, 7) is 0. The first-order valence-electron chi connectivity index (χ1n) is 18.9. The summed E-state index contributed by atoms with van der Waals surface area (Å²) in [7, 11) is 0. The Bertz CT molecular complexity index is 3190. The second-order valence-electron chi connectivity index (χ2n) is 14.1. The topological polar surface area (TPSA) is 32.8 Å². The first kappa shape index (κ1) is 31.9. The maximum absolute atomic E-state index is 6.89. The fourth-order valence-corrected chi connectivity index (χ4v) is 8.25. The van der Waals surface area contributed by atoms with E-state index in [4.69, 9.17) is 8.83 Å². The lowest BCUT2D eigenvalue weighted by atomic mass is 10.0. The van der Waals surface area contributed by atoms with Crippen LogP contribution in [-0.2, 0) is 0 Å². The van der Waals surface area contributed by atoms with E-state index in [9.17, 15) is 0 Å². The average molecular weight is 719 g/mol. The van der Waals surface area contributed by atoms with Gasteiger partial charge in [0.1, 0.15) is 22.3 Å². The van der Waals surface area contributed by atoms with Crippen molar-refractivity contribution in [3.63, 3.8) is 0 Å². The molecule has 0 spiro atoms. The molecule has 0 bridgehead atoms. The summed E-state index contributed by atoms with van der Waals surface area (Å²) in [5.41, 5.74) is 11.8. The maximum atomic E-state index is 6.89. The average Bonchev–Trinajstić information content (AvgIpc) is 3.84. The molecule has 0 radical (unpaired) electrons. The highest BCUT2D eigenvalue weighted by molar-refractivity contribution is 6.22. The Labute approximate surface area is 323 Å². The Balaban J connectivity index is 1.24. The van der Waals surface area contributed by atoms with Gasteiger partial charge in [0.25, 0.3) is 0 Å². The van der Waals surface area contributed by atoms with E-state index < -0.39 is 0 Å². The molecular weight excluding hydrogens is 685 g/mol. The number of para-hydroxylation sites is 3.